The van der Waals surface area contributed by atoms with Crippen LogP contribution < -0.4 is 16.8 Å². The molecule has 0 aromatic rings. The Bertz CT molecular complexity index is 147. The van der Waals surface area contributed by atoms with Crippen molar-refractivity contribution in [2.45, 2.75) is 19.0 Å². The summed E-state index contributed by atoms with van der Waals surface area (Å²) in [5.74, 6) is -0.368. The molecule has 11 heavy (non-hydrogen) atoms. The van der Waals surface area contributed by atoms with Gasteiger partial charge in [0, 0.05) is 6.54 Å². The number of hydrogen-bond donors (Lipinski definition) is 3. The molecule has 0 saturated heterocycles. The van der Waals surface area contributed by atoms with Crippen LogP contribution in [0.1, 0.15) is 6.92 Å². The van der Waals surface area contributed by atoms with E-state index < -0.39 is 12.1 Å². The van der Waals surface area contributed by atoms with Gasteiger partial charge >= 0.3 is 0 Å². The molecule has 0 aliphatic heterocycles. The number of nitrogens with one attached hydrogen (secondary N) is 1. The van der Waals surface area contributed by atoms with Crippen LogP contribution in [0.15, 0.2) is 0 Å². The summed E-state index contributed by atoms with van der Waals surface area (Å²) in [7, 11) is 0. The van der Waals surface area contributed by atoms with Crippen LogP contribution in [0.3, 0.4) is 0 Å². The quantitative estimate of drug-likeness (QED) is 0.412. The Hall–Kier alpha value is -0.940. The van der Waals surface area contributed by atoms with Crippen molar-refractivity contribution < 1.29 is 9.59 Å². The summed E-state index contributed by atoms with van der Waals surface area (Å²) in [4.78, 5) is 21.0. The van der Waals surface area contributed by atoms with Crippen molar-refractivity contribution in [3.05, 3.63) is 0 Å². The van der Waals surface area contributed by atoms with E-state index in [2.05, 4.69) is 5.32 Å². The summed E-state index contributed by atoms with van der Waals surface area (Å²) in [5, 5.41) is 2.36. The second kappa shape index (κ2) is 4.81. The van der Waals surface area contributed by atoms with Crippen LogP contribution >= 0.6 is 0 Å². The van der Waals surface area contributed by atoms with Crippen LogP contribution in [0.5, 0.6) is 0 Å². The summed E-state index contributed by atoms with van der Waals surface area (Å²) in [5.41, 5.74) is 10.4. The summed E-state index contributed by atoms with van der Waals surface area (Å²) in [6.07, 6.45) is 0.584. The average Bonchev–Trinajstić information content (AvgIpc) is 1.99. The van der Waals surface area contributed by atoms with Crippen molar-refractivity contribution in [1.82, 2.24) is 5.32 Å². The Kier molecular flexibility index (Phi) is 4.40. The molecule has 0 aromatic carbocycles. The molecule has 0 aliphatic rings. The second-order valence-corrected chi connectivity index (χ2v) is 2.28. The SMILES string of the molecule is C[C@@H](N)C(=O)N[C@H](C=O)CN. The average molecular weight is 159 g/mol. The van der Waals surface area contributed by atoms with Crippen LogP contribution in [-0.4, -0.2) is 30.8 Å². The molecule has 0 heterocycles. The molecule has 0 rings (SSSR count). The van der Waals surface area contributed by atoms with Gasteiger partial charge in [-0.05, 0) is 6.92 Å². The highest BCUT2D eigenvalue weighted by Gasteiger charge is 2.11. The van der Waals surface area contributed by atoms with Gasteiger partial charge in [-0.1, -0.05) is 0 Å². The third-order valence-electron chi connectivity index (χ3n) is 1.16. The number of nitrogens with two attached hydrogens (primary N) is 2. The van der Waals surface area contributed by atoms with Gasteiger partial charge in [-0.3, -0.25) is 4.79 Å². The zero-order valence-corrected chi connectivity index (χ0v) is 6.41. The molecule has 0 bridgehead atoms. The van der Waals surface area contributed by atoms with Crippen LogP contribution in [0, 0.1) is 0 Å². The van der Waals surface area contributed by atoms with Gasteiger partial charge in [0.05, 0.1) is 12.1 Å². The van der Waals surface area contributed by atoms with Gasteiger partial charge < -0.3 is 21.6 Å². The lowest BCUT2D eigenvalue weighted by atomic mass is 10.3. The number of carbonyl (C=O) groups excluding carboxylic acids is 2. The molecule has 64 valence electrons. The zero-order chi connectivity index (χ0) is 8.85. The molecule has 0 fully saturated rings. The molecule has 0 unspecified atom stereocenters. The number of amides is 1. The summed E-state index contributed by atoms with van der Waals surface area (Å²) in [6.45, 7) is 1.63. The van der Waals surface area contributed by atoms with Gasteiger partial charge in [-0.2, -0.15) is 0 Å². The standard InChI is InChI=1S/C6H13N3O2/c1-4(8)6(11)9-5(2-7)3-10/h3-5H,2,7-8H2,1H3,(H,9,11)/t4-,5+/m1/s1. The third kappa shape index (κ3) is 3.69. The molecule has 0 saturated carbocycles. The maximum absolute atomic E-state index is 10.8. The third-order valence-corrected chi connectivity index (χ3v) is 1.16. The van der Waals surface area contributed by atoms with E-state index in [1.807, 2.05) is 0 Å². The maximum Gasteiger partial charge on any atom is 0.237 e. The lowest BCUT2D eigenvalue weighted by molar-refractivity contribution is -0.124. The molecule has 0 spiro atoms. The Morgan fingerprint density at radius 2 is 2.27 bits per heavy atom. The molecule has 0 aliphatic carbocycles. The van der Waals surface area contributed by atoms with E-state index in [-0.39, 0.29) is 12.5 Å². The fraction of sp³-hybridized carbons (Fsp3) is 0.667. The summed E-state index contributed by atoms with van der Waals surface area (Å²) in [6, 6.07) is -1.22. The van der Waals surface area contributed by atoms with Gasteiger partial charge in [0.25, 0.3) is 0 Å². The smallest absolute Gasteiger partial charge is 0.237 e. The largest absolute Gasteiger partial charge is 0.344 e. The van der Waals surface area contributed by atoms with E-state index in [4.69, 9.17) is 11.5 Å². The van der Waals surface area contributed by atoms with Crippen molar-refractivity contribution in [3.8, 4) is 0 Å². The van der Waals surface area contributed by atoms with E-state index >= 15 is 0 Å². The summed E-state index contributed by atoms with van der Waals surface area (Å²) >= 11 is 0. The lowest BCUT2D eigenvalue weighted by Crippen LogP contribution is -2.47. The Morgan fingerprint density at radius 1 is 1.73 bits per heavy atom. The number of rotatable bonds is 4. The molecule has 1 amide bonds. The molecular formula is C6H13N3O2. The molecule has 0 radical (unpaired) electrons. The first-order valence-corrected chi connectivity index (χ1v) is 3.33. The second-order valence-electron chi connectivity index (χ2n) is 2.28. The number of carbonyl (C=O) groups is 2. The fourth-order valence-corrected chi connectivity index (χ4v) is 0.463. The highest BCUT2D eigenvalue weighted by molar-refractivity contribution is 5.83. The predicted molar refractivity (Wildman–Crippen MR) is 40.7 cm³/mol. The fourth-order valence-electron chi connectivity index (χ4n) is 0.463. The van der Waals surface area contributed by atoms with E-state index in [9.17, 15) is 9.59 Å². The van der Waals surface area contributed by atoms with Crippen molar-refractivity contribution >= 4 is 12.2 Å². The first-order valence-electron chi connectivity index (χ1n) is 3.33. The molecular weight excluding hydrogens is 146 g/mol. The van der Waals surface area contributed by atoms with Crippen molar-refractivity contribution in [3.63, 3.8) is 0 Å². The molecule has 5 heteroatoms. The van der Waals surface area contributed by atoms with Gasteiger partial charge in [0.2, 0.25) is 5.91 Å². The van der Waals surface area contributed by atoms with Crippen LogP contribution in [0.4, 0.5) is 0 Å². The van der Waals surface area contributed by atoms with E-state index in [1.54, 1.807) is 0 Å². The normalized spacial score (nSPS) is 15.2. The monoisotopic (exact) mass is 159 g/mol. The number of aldehydes is 1. The first kappa shape index (κ1) is 10.1. The van der Waals surface area contributed by atoms with E-state index in [0.29, 0.717) is 6.29 Å². The number of hydrogen-bond acceptors (Lipinski definition) is 4. The van der Waals surface area contributed by atoms with Crippen LogP contribution in [-0.2, 0) is 9.59 Å². The van der Waals surface area contributed by atoms with Gasteiger partial charge in [0.1, 0.15) is 6.29 Å². The zero-order valence-electron chi connectivity index (χ0n) is 6.41. The first-order chi connectivity index (χ1) is 5.11. The topological polar surface area (TPSA) is 98.2 Å². The molecule has 0 aromatic heterocycles. The molecule has 5 nitrogen and oxygen atoms in total. The van der Waals surface area contributed by atoms with Gasteiger partial charge in [-0.15, -0.1) is 0 Å². The predicted octanol–water partition coefficient (Wildman–Crippen LogP) is -2.02. The van der Waals surface area contributed by atoms with Gasteiger partial charge in [-0.25, -0.2) is 0 Å². The minimum Gasteiger partial charge on any atom is -0.344 e. The Balaban J connectivity index is 3.81. The van der Waals surface area contributed by atoms with Crippen molar-refractivity contribution in [2.24, 2.45) is 11.5 Å². The minimum absolute atomic E-state index is 0.0992. The van der Waals surface area contributed by atoms with Crippen LogP contribution in [0.2, 0.25) is 0 Å². The van der Waals surface area contributed by atoms with Crippen molar-refractivity contribution in [2.75, 3.05) is 6.54 Å². The minimum atomic E-state index is -0.617. The van der Waals surface area contributed by atoms with Crippen molar-refractivity contribution in [1.29, 1.82) is 0 Å². The van der Waals surface area contributed by atoms with Gasteiger partial charge in [0.15, 0.2) is 0 Å². The summed E-state index contributed by atoms with van der Waals surface area (Å²) < 4.78 is 0. The molecule has 2 atom stereocenters. The van der Waals surface area contributed by atoms with E-state index in [1.165, 1.54) is 6.92 Å². The maximum atomic E-state index is 10.8. The molecule has 5 N–H and O–H groups in total. The Labute approximate surface area is 65.1 Å². The van der Waals surface area contributed by atoms with E-state index in [0.717, 1.165) is 0 Å². The Morgan fingerprint density at radius 3 is 2.55 bits per heavy atom. The van der Waals surface area contributed by atoms with Crippen LogP contribution in [0.25, 0.3) is 0 Å². The lowest BCUT2D eigenvalue weighted by Gasteiger charge is -2.11. The highest BCUT2D eigenvalue weighted by atomic mass is 16.2. The highest BCUT2D eigenvalue weighted by Crippen LogP contribution is 1.78.